The maximum Gasteiger partial charge on any atom is 0.336 e. The van der Waals surface area contributed by atoms with Gasteiger partial charge in [0.2, 0.25) is 6.41 Å². The molecule has 2 amide bonds. The highest BCUT2D eigenvalue weighted by atomic mass is 16.5. The molecule has 9 heteroatoms. The van der Waals surface area contributed by atoms with Gasteiger partial charge in [-0.15, -0.1) is 0 Å². The molecule has 5 aromatic rings. The summed E-state index contributed by atoms with van der Waals surface area (Å²) < 4.78 is 2.13. The van der Waals surface area contributed by atoms with Gasteiger partial charge >= 0.3 is 5.97 Å². The van der Waals surface area contributed by atoms with E-state index in [9.17, 15) is 24.7 Å². The van der Waals surface area contributed by atoms with Crippen molar-refractivity contribution in [3.8, 4) is 11.1 Å². The first-order chi connectivity index (χ1) is 21.8. The van der Waals surface area contributed by atoms with Crippen molar-refractivity contribution in [2.75, 3.05) is 6.54 Å². The number of hydrogen-bond acceptors (Lipinski definition) is 5. The molecule has 0 bridgehead atoms. The van der Waals surface area contributed by atoms with E-state index >= 15 is 0 Å². The number of carbonyl (C=O) groups is 3. The van der Waals surface area contributed by atoms with Crippen molar-refractivity contribution in [1.82, 2.24) is 19.9 Å². The molecule has 1 atom stereocenters. The Bertz CT molecular complexity index is 1820. The zero-order valence-electron chi connectivity index (χ0n) is 25.3. The lowest BCUT2D eigenvalue weighted by Gasteiger charge is -2.22. The number of hydrogen-bond donors (Lipinski definition) is 3. The number of nitrogens with one attached hydrogen (secondary N) is 1. The molecule has 230 valence electrons. The van der Waals surface area contributed by atoms with E-state index < -0.39 is 12.0 Å². The Morgan fingerprint density at radius 1 is 0.978 bits per heavy atom. The van der Waals surface area contributed by atoms with E-state index in [1.807, 2.05) is 79.7 Å². The van der Waals surface area contributed by atoms with Crippen molar-refractivity contribution < 1.29 is 24.7 Å². The van der Waals surface area contributed by atoms with Crippen LogP contribution in [-0.4, -0.2) is 55.8 Å². The molecule has 0 aliphatic heterocycles. The molecule has 0 saturated carbocycles. The van der Waals surface area contributed by atoms with Crippen LogP contribution in [0.3, 0.4) is 0 Å². The van der Waals surface area contributed by atoms with Crippen LogP contribution >= 0.6 is 0 Å². The van der Waals surface area contributed by atoms with E-state index in [0.717, 1.165) is 52.0 Å². The summed E-state index contributed by atoms with van der Waals surface area (Å²) in [7, 11) is 0. The fourth-order valence-electron chi connectivity index (χ4n) is 5.65. The Morgan fingerprint density at radius 2 is 1.69 bits per heavy atom. The third kappa shape index (κ3) is 7.27. The summed E-state index contributed by atoms with van der Waals surface area (Å²) in [5.74, 6) is -0.369. The Hall–Kier alpha value is -5.28. The molecule has 9 nitrogen and oxygen atoms in total. The number of hydroxylamine groups is 2. The highest BCUT2D eigenvalue weighted by Crippen LogP contribution is 2.27. The van der Waals surface area contributed by atoms with E-state index in [0.29, 0.717) is 35.6 Å². The number of carbonyl (C=O) groups excluding carboxylic acids is 2. The summed E-state index contributed by atoms with van der Waals surface area (Å²) in [6.45, 7) is 4.49. The Balaban J connectivity index is 1.45. The Morgan fingerprint density at radius 3 is 2.38 bits per heavy atom. The van der Waals surface area contributed by atoms with Crippen molar-refractivity contribution in [2.45, 2.75) is 45.7 Å². The van der Waals surface area contributed by atoms with E-state index in [1.54, 1.807) is 18.2 Å². The number of aryl methyl sites for hydroxylation is 2. The first kappa shape index (κ1) is 31.2. The van der Waals surface area contributed by atoms with E-state index in [2.05, 4.69) is 16.8 Å². The first-order valence-electron chi connectivity index (χ1n) is 14.9. The zero-order valence-corrected chi connectivity index (χ0v) is 25.3. The number of imidazole rings is 1. The zero-order chi connectivity index (χ0) is 31.9. The smallest absolute Gasteiger partial charge is 0.336 e. The quantitative estimate of drug-likeness (QED) is 0.0873. The molecule has 45 heavy (non-hydrogen) atoms. The topological polar surface area (TPSA) is 125 Å². The molecule has 5 rings (SSSR count). The predicted octanol–water partition coefficient (Wildman–Crippen LogP) is 5.90. The summed E-state index contributed by atoms with van der Waals surface area (Å²) in [6.07, 6.45) is 2.42. The number of nitrogens with zero attached hydrogens (tertiary/aromatic N) is 3. The standard InChI is InChI=1S/C36H36N4O5/c1-3-9-33-38-34-24(2)18-28(35(42)37-29(22-39(45)23-41)19-25-10-5-4-6-11-25)20-32(34)40(33)21-26-14-16-27(17-15-26)30-12-7-8-13-31(30)36(43)44/h4-8,10-18,20,23,29,45H,3,9,19,21-22H2,1-2H3,(H,37,42)(H,43,44). The number of carboxylic acid groups (broad SMARTS) is 1. The average Bonchev–Trinajstić information content (AvgIpc) is 3.39. The van der Waals surface area contributed by atoms with Crippen molar-refractivity contribution in [1.29, 1.82) is 0 Å². The second kappa shape index (κ2) is 14.0. The van der Waals surface area contributed by atoms with Gasteiger partial charge < -0.3 is 15.0 Å². The molecule has 0 fully saturated rings. The largest absolute Gasteiger partial charge is 0.478 e. The maximum atomic E-state index is 13.6. The lowest BCUT2D eigenvalue weighted by atomic mass is 9.98. The van der Waals surface area contributed by atoms with Crippen molar-refractivity contribution >= 4 is 29.3 Å². The van der Waals surface area contributed by atoms with Gasteiger partial charge in [0.05, 0.1) is 29.2 Å². The highest BCUT2D eigenvalue weighted by molar-refractivity contribution is 5.99. The maximum absolute atomic E-state index is 13.6. The second-order valence-electron chi connectivity index (χ2n) is 11.2. The van der Waals surface area contributed by atoms with Gasteiger partial charge in [-0.3, -0.25) is 14.8 Å². The number of benzene rings is 4. The van der Waals surface area contributed by atoms with Gasteiger partial charge in [0.1, 0.15) is 5.82 Å². The summed E-state index contributed by atoms with van der Waals surface area (Å²) in [4.78, 5) is 41.4. The lowest BCUT2D eigenvalue weighted by molar-refractivity contribution is -0.150. The monoisotopic (exact) mass is 604 g/mol. The summed E-state index contributed by atoms with van der Waals surface area (Å²) in [6, 6.07) is 27.5. The van der Waals surface area contributed by atoms with Crippen LogP contribution in [0.2, 0.25) is 0 Å². The number of aromatic nitrogens is 2. The first-order valence-corrected chi connectivity index (χ1v) is 14.9. The van der Waals surface area contributed by atoms with Crippen LogP contribution in [0.15, 0.2) is 91.0 Å². The highest BCUT2D eigenvalue weighted by Gasteiger charge is 2.20. The number of carboxylic acids is 1. The molecule has 4 aromatic carbocycles. The number of aromatic carboxylic acids is 1. The van der Waals surface area contributed by atoms with E-state index in [4.69, 9.17) is 4.98 Å². The summed E-state index contributed by atoms with van der Waals surface area (Å²) in [5, 5.41) is 23.1. The van der Waals surface area contributed by atoms with Crippen LogP contribution < -0.4 is 5.32 Å². The molecule has 0 aliphatic carbocycles. The fourth-order valence-corrected chi connectivity index (χ4v) is 5.65. The molecule has 3 N–H and O–H groups in total. The second-order valence-corrected chi connectivity index (χ2v) is 11.2. The van der Waals surface area contributed by atoms with Gasteiger partial charge in [-0.25, -0.2) is 14.8 Å². The lowest BCUT2D eigenvalue weighted by Crippen LogP contribution is -2.44. The average molecular weight is 605 g/mol. The van der Waals surface area contributed by atoms with Crippen LogP contribution in [-0.2, 0) is 24.2 Å². The summed E-state index contributed by atoms with van der Waals surface area (Å²) >= 11 is 0. The molecule has 0 radical (unpaired) electrons. The van der Waals surface area contributed by atoms with E-state index in [-0.39, 0.29) is 18.0 Å². The number of amides is 2. The van der Waals surface area contributed by atoms with E-state index in [1.165, 1.54) is 0 Å². The van der Waals surface area contributed by atoms with Crippen molar-refractivity contribution in [2.24, 2.45) is 0 Å². The number of rotatable bonds is 13. The van der Waals surface area contributed by atoms with Crippen molar-refractivity contribution in [3.63, 3.8) is 0 Å². The van der Waals surface area contributed by atoms with Crippen molar-refractivity contribution in [3.05, 3.63) is 125 Å². The van der Waals surface area contributed by atoms with Crippen LogP contribution in [0.25, 0.3) is 22.2 Å². The minimum Gasteiger partial charge on any atom is -0.478 e. The SMILES string of the molecule is CCCc1nc2c(C)cc(C(=O)NC(Cc3ccccc3)CN(O)C=O)cc2n1Cc1ccc(-c2ccccc2C(=O)O)cc1. The minimum absolute atomic E-state index is 0.0587. The molecular formula is C36H36N4O5. The summed E-state index contributed by atoms with van der Waals surface area (Å²) in [5.41, 5.74) is 6.68. The molecule has 0 saturated heterocycles. The molecule has 0 aliphatic rings. The van der Waals surface area contributed by atoms with Crippen LogP contribution in [0.5, 0.6) is 0 Å². The number of fused-ring (bicyclic) bond motifs is 1. The van der Waals surface area contributed by atoms with Crippen LogP contribution in [0, 0.1) is 6.92 Å². The van der Waals surface area contributed by atoms with Crippen LogP contribution in [0.1, 0.15) is 56.6 Å². The molecule has 1 aromatic heterocycles. The van der Waals surface area contributed by atoms with Gasteiger partial charge in [0, 0.05) is 18.5 Å². The molecule has 0 spiro atoms. The van der Waals surface area contributed by atoms with Gasteiger partial charge in [-0.1, -0.05) is 79.7 Å². The Kier molecular flexibility index (Phi) is 9.70. The fraction of sp³-hybridized carbons (Fsp3) is 0.222. The van der Waals surface area contributed by atoms with Gasteiger partial charge in [-0.2, -0.15) is 0 Å². The predicted molar refractivity (Wildman–Crippen MR) is 172 cm³/mol. The van der Waals surface area contributed by atoms with Gasteiger partial charge in [0.15, 0.2) is 0 Å². The molecular weight excluding hydrogens is 568 g/mol. The third-order valence-corrected chi connectivity index (χ3v) is 7.81. The third-order valence-electron chi connectivity index (χ3n) is 7.81. The molecule has 1 heterocycles. The van der Waals surface area contributed by atoms with Gasteiger partial charge in [0.25, 0.3) is 5.91 Å². The normalized spacial score (nSPS) is 11.7. The minimum atomic E-state index is -0.970. The van der Waals surface area contributed by atoms with Gasteiger partial charge in [-0.05, 0) is 65.8 Å². The Labute approximate surface area is 261 Å². The van der Waals surface area contributed by atoms with Crippen LogP contribution in [0.4, 0.5) is 0 Å². The molecule has 1 unspecified atom stereocenters.